The number of rotatable bonds is 2. The normalized spacial score (nSPS) is 29.5. The highest BCUT2D eigenvalue weighted by Gasteiger charge is 2.35. The summed E-state index contributed by atoms with van der Waals surface area (Å²) in [6, 6.07) is 0. The van der Waals surface area contributed by atoms with E-state index in [0.29, 0.717) is 5.95 Å². The number of ether oxygens (including phenoxy) is 1. The number of nitrogens with zero attached hydrogens (tertiary/aromatic N) is 3. The Bertz CT molecular complexity index is 395. The van der Waals surface area contributed by atoms with Crippen LogP contribution in [0, 0.1) is 0 Å². The lowest BCUT2D eigenvalue weighted by molar-refractivity contribution is 0.121. The molecule has 0 saturated carbocycles. The molecule has 1 N–H and O–H groups in total. The molecule has 6 heteroatoms. The van der Waals surface area contributed by atoms with Crippen molar-refractivity contribution in [3.63, 3.8) is 0 Å². The van der Waals surface area contributed by atoms with Crippen LogP contribution in [0.1, 0.15) is 25.7 Å². The van der Waals surface area contributed by atoms with Crippen molar-refractivity contribution in [2.24, 2.45) is 0 Å². The highest BCUT2D eigenvalue weighted by molar-refractivity contribution is 5.29. The van der Waals surface area contributed by atoms with Crippen LogP contribution in [-0.4, -0.2) is 49.5 Å². The Morgan fingerprint density at radius 1 is 1.33 bits per heavy atom. The number of anilines is 1. The maximum absolute atomic E-state index is 5.48. The van der Waals surface area contributed by atoms with Gasteiger partial charge in [0.25, 0.3) is 5.95 Å². The molecule has 2 fully saturated rings. The summed E-state index contributed by atoms with van der Waals surface area (Å²) in [5.74, 6) is 1.47. The van der Waals surface area contributed by atoms with Gasteiger partial charge in [-0.1, -0.05) is 0 Å². The summed E-state index contributed by atoms with van der Waals surface area (Å²) in [5, 5.41) is 7.52. The lowest BCUT2D eigenvalue weighted by Crippen LogP contribution is -2.41. The molecule has 0 amide bonds. The third-order valence-electron chi connectivity index (χ3n) is 3.82. The third kappa shape index (κ3) is 2.22. The van der Waals surface area contributed by atoms with Crippen LogP contribution in [0.3, 0.4) is 0 Å². The standard InChI is InChI=1S/C12H20N4O2/c1-12(3-2-4-13-9-12)10-14-11(15-18-10)16-5-7-17-8-6-16/h13H,2-9H2,1H3. The molecule has 0 radical (unpaired) electrons. The highest BCUT2D eigenvalue weighted by atomic mass is 16.5. The lowest BCUT2D eigenvalue weighted by Gasteiger charge is -2.30. The van der Waals surface area contributed by atoms with Gasteiger partial charge < -0.3 is 19.5 Å². The molecule has 6 nitrogen and oxygen atoms in total. The molecule has 2 aliphatic rings. The van der Waals surface area contributed by atoms with E-state index >= 15 is 0 Å². The maximum Gasteiger partial charge on any atom is 0.266 e. The number of piperidine rings is 1. The summed E-state index contributed by atoms with van der Waals surface area (Å²) in [6.07, 6.45) is 2.26. The van der Waals surface area contributed by atoms with E-state index in [-0.39, 0.29) is 5.41 Å². The van der Waals surface area contributed by atoms with Crippen molar-refractivity contribution in [3.8, 4) is 0 Å². The molecule has 0 bridgehead atoms. The minimum absolute atomic E-state index is 0.0181. The van der Waals surface area contributed by atoms with Gasteiger partial charge in [-0.25, -0.2) is 0 Å². The second-order valence-corrected chi connectivity index (χ2v) is 5.34. The molecule has 100 valence electrons. The van der Waals surface area contributed by atoms with E-state index in [1.807, 2.05) is 0 Å². The molecular formula is C12H20N4O2. The van der Waals surface area contributed by atoms with Crippen molar-refractivity contribution in [1.29, 1.82) is 0 Å². The monoisotopic (exact) mass is 252 g/mol. The number of nitrogens with one attached hydrogen (secondary N) is 1. The predicted octanol–water partition coefficient (Wildman–Crippen LogP) is 0.547. The predicted molar refractivity (Wildman–Crippen MR) is 66.8 cm³/mol. The van der Waals surface area contributed by atoms with E-state index in [4.69, 9.17) is 9.26 Å². The molecule has 2 aliphatic heterocycles. The van der Waals surface area contributed by atoms with Crippen LogP contribution in [0.15, 0.2) is 4.52 Å². The SMILES string of the molecule is CC1(c2nc(N3CCOCC3)no2)CCCNC1. The Morgan fingerprint density at radius 3 is 2.89 bits per heavy atom. The second-order valence-electron chi connectivity index (χ2n) is 5.34. The Kier molecular flexibility index (Phi) is 3.22. The van der Waals surface area contributed by atoms with Crippen molar-refractivity contribution < 1.29 is 9.26 Å². The molecule has 3 heterocycles. The molecule has 18 heavy (non-hydrogen) atoms. The third-order valence-corrected chi connectivity index (χ3v) is 3.82. The van der Waals surface area contributed by atoms with E-state index in [0.717, 1.165) is 58.1 Å². The molecule has 0 aliphatic carbocycles. The summed E-state index contributed by atoms with van der Waals surface area (Å²) in [4.78, 5) is 6.70. The fourth-order valence-corrected chi connectivity index (χ4v) is 2.59. The van der Waals surface area contributed by atoms with Gasteiger partial charge in [0.1, 0.15) is 0 Å². The van der Waals surface area contributed by atoms with Crippen molar-refractivity contribution in [1.82, 2.24) is 15.5 Å². The Hall–Kier alpha value is -1.14. The summed E-state index contributed by atoms with van der Waals surface area (Å²) < 4.78 is 10.8. The second kappa shape index (κ2) is 4.85. The Labute approximate surface area is 107 Å². The topological polar surface area (TPSA) is 63.4 Å². The first-order valence-corrected chi connectivity index (χ1v) is 6.66. The van der Waals surface area contributed by atoms with E-state index < -0.39 is 0 Å². The fraction of sp³-hybridized carbons (Fsp3) is 0.833. The minimum Gasteiger partial charge on any atom is -0.378 e. The molecule has 1 atom stereocenters. The van der Waals surface area contributed by atoms with Gasteiger partial charge in [-0.05, 0) is 31.5 Å². The molecule has 3 rings (SSSR count). The molecule has 0 spiro atoms. The van der Waals surface area contributed by atoms with Crippen LogP contribution >= 0.6 is 0 Å². The van der Waals surface area contributed by atoms with Crippen LogP contribution < -0.4 is 10.2 Å². The molecule has 0 aromatic carbocycles. The number of hydrogen-bond donors (Lipinski definition) is 1. The van der Waals surface area contributed by atoms with Crippen LogP contribution in [-0.2, 0) is 10.2 Å². The van der Waals surface area contributed by atoms with E-state index in [1.54, 1.807) is 0 Å². The van der Waals surface area contributed by atoms with Crippen LogP contribution in [0.2, 0.25) is 0 Å². The first kappa shape index (κ1) is 11.9. The Balaban J connectivity index is 1.75. The first-order chi connectivity index (χ1) is 8.78. The molecule has 2 saturated heterocycles. The Morgan fingerprint density at radius 2 is 2.17 bits per heavy atom. The van der Waals surface area contributed by atoms with Crippen LogP contribution in [0.25, 0.3) is 0 Å². The van der Waals surface area contributed by atoms with Gasteiger partial charge in [0, 0.05) is 19.6 Å². The average molecular weight is 252 g/mol. The van der Waals surface area contributed by atoms with Crippen LogP contribution in [0.4, 0.5) is 5.95 Å². The van der Waals surface area contributed by atoms with E-state index in [2.05, 4.69) is 27.3 Å². The number of aromatic nitrogens is 2. The van der Waals surface area contributed by atoms with Crippen molar-refractivity contribution in [2.75, 3.05) is 44.3 Å². The molecule has 1 aromatic rings. The van der Waals surface area contributed by atoms with Crippen molar-refractivity contribution >= 4 is 5.95 Å². The number of morpholine rings is 1. The molecule has 1 aromatic heterocycles. The van der Waals surface area contributed by atoms with Gasteiger partial charge in [0.15, 0.2) is 0 Å². The fourth-order valence-electron chi connectivity index (χ4n) is 2.59. The molecular weight excluding hydrogens is 232 g/mol. The molecule has 1 unspecified atom stereocenters. The average Bonchev–Trinajstić information content (AvgIpc) is 2.91. The number of hydrogen-bond acceptors (Lipinski definition) is 6. The van der Waals surface area contributed by atoms with Crippen molar-refractivity contribution in [3.05, 3.63) is 5.89 Å². The maximum atomic E-state index is 5.48. The summed E-state index contributed by atoms with van der Waals surface area (Å²) in [6.45, 7) is 7.35. The summed E-state index contributed by atoms with van der Waals surface area (Å²) >= 11 is 0. The smallest absolute Gasteiger partial charge is 0.266 e. The van der Waals surface area contributed by atoms with Gasteiger partial charge in [0.05, 0.1) is 18.6 Å². The van der Waals surface area contributed by atoms with Crippen LogP contribution in [0.5, 0.6) is 0 Å². The van der Waals surface area contributed by atoms with Gasteiger partial charge in [-0.15, -0.1) is 0 Å². The zero-order chi connectivity index (χ0) is 12.4. The quantitative estimate of drug-likeness (QED) is 0.829. The zero-order valence-electron chi connectivity index (χ0n) is 10.8. The largest absolute Gasteiger partial charge is 0.378 e. The van der Waals surface area contributed by atoms with Gasteiger partial charge in [0.2, 0.25) is 5.89 Å². The highest BCUT2D eigenvalue weighted by Crippen LogP contribution is 2.30. The summed E-state index contributed by atoms with van der Waals surface area (Å²) in [7, 11) is 0. The van der Waals surface area contributed by atoms with Crippen molar-refractivity contribution in [2.45, 2.75) is 25.2 Å². The minimum atomic E-state index is -0.0181. The zero-order valence-corrected chi connectivity index (χ0v) is 10.8. The van der Waals surface area contributed by atoms with E-state index in [1.165, 1.54) is 0 Å². The van der Waals surface area contributed by atoms with Gasteiger partial charge in [-0.2, -0.15) is 4.98 Å². The van der Waals surface area contributed by atoms with E-state index in [9.17, 15) is 0 Å². The van der Waals surface area contributed by atoms with Gasteiger partial charge in [-0.3, -0.25) is 0 Å². The first-order valence-electron chi connectivity index (χ1n) is 6.66. The lowest BCUT2D eigenvalue weighted by atomic mass is 9.83. The van der Waals surface area contributed by atoms with Gasteiger partial charge >= 0.3 is 0 Å². The summed E-state index contributed by atoms with van der Waals surface area (Å²) in [5.41, 5.74) is -0.0181.